The summed E-state index contributed by atoms with van der Waals surface area (Å²) in [4.78, 5) is 4.01. The number of methoxy groups -OCH3 is 1. The number of nitrogens with zero attached hydrogens (tertiary/aromatic N) is 1. The molecule has 0 spiro atoms. The molecule has 1 heterocycles. The van der Waals surface area contributed by atoms with Crippen LogP contribution in [0.5, 0.6) is 5.88 Å². The Morgan fingerprint density at radius 2 is 2.40 bits per heavy atom. The van der Waals surface area contributed by atoms with Gasteiger partial charge >= 0.3 is 0 Å². The summed E-state index contributed by atoms with van der Waals surface area (Å²) in [5, 5.41) is 0. The number of quaternary nitrogens is 1. The minimum atomic E-state index is 0.650. The first-order chi connectivity index (χ1) is 4.86. The molecular formula is C7H11N2O+. The summed E-state index contributed by atoms with van der Waals surface area (Å²) >= 11 is 0. The van der Waals surface area contributed by atoms with E-state index < -0.39 is 0 Å². The molecule has 0 aliphatic rings. The molecule has 0 unspecified atom stereocenters. The standard InChI is InChI=1S/C7H10N2O/c1-10-7-3-2-6(4-8)5-9-7/h2-3,5H,4,8H2,1H3/p+1. The lowest BCUT2D eigenvalue weighted by atomic mass is 10.3. The van der Waals surface area contributed by atoms with Gasteiger partial charge in [0.1, 0.15) is 6.54 Å². The highest BCUT2D eigenvalue weighted by Crippen LogP contribution is 2.04. The van der Waals surface area contributed by atoms with Crippen LogP contribution < -0.4 is 10.5 Å². The number of ether oxygens (including phenoxy) is 1. The Morgan fingerprint density at radius 3 is 2.80 bits per heavy atom. The molecular weight excluding hydrogens is 128 g/mol. The van der Waals surface area contributed by atoms with Gasteiger partial charge in [-0.05, 0) is 6.07 Å². The predicted octanol–water partition coefficient (Wildman–Crippen LogP) is -0.168. The second-order valence-electron chi connectivity index (χ2n) is 1.96. The normalized spacial score (nSPS) is 9.40. The van der Waals surface area contributed by atoms with E-state index in [1.165, 1.54) is 0 Å². The minimum absolute atomic E-state index is 0.650. The van der Waals surface area contributed by atoms with Gasteiger partial charge in [0, 0.05) is 17.8 Å². The number of rotatable bonds is 2. The summed E-state index contributed by atoms with van der Waals surface area (Å²) in [6, 6.07) is 3.79. The zero-order chi connectivity index (χ0) is 7.40. The van der Waals surface area contributed by atoms with Crippen molar-refractivity contribution in [2.75, 3.05) is 7.11 Å². The van der Waals surface area contributed by atoms with E-state index in [2.05, 4.69) is 10.7 Å². The van der Waals surface area contributed by atoms with Gasteiger partial charge in [0.05, 0.1) is 7.11 Å². The van der Waals surface area contributed by atoms with Crippen LogP contribution in [0.3, 0.4) is 0 Å². The molecule has 3 nitrogen and oxygen atoms in total. The predicted molar refractivity (Wildman–Crippen MR) is 37.4 cm³/mol. The van der Waals surface area contributed by atoms with Gasteiger partial charge < -0.3 is 10.5 Å². The quantitative estimate of drug-likeness (QED) is 0.618. The van der Waals surface area contributed by atoms with Gasteiger partial charge in [-0.2, -0.15) is 0 Å². The molecule has 10 heavy (non-hydrogen) atoms. The number of hydrogen-bond donors (Lipinski definition) is 1. The monoisotopic (exact) mass is 139 g/mol. The highest BCUT2D eigenvalue weighted by Gasteiger charge is 1.92. The number of aromatic nitrogens is 1. The fourth-order valence-corrected chi connectivity index (χ4v) is 0.680. The highest BCUT2D eigenvalue weighted by molar-refractivity contribution is 5.16. The molecule has 54 valence electrons. The van der Waals surface area contributed by atoms with Crippen LogP contribution >= 0.6 is 0 Å². The molecule has 0 bridgehead atoms. The van der Waals surface area contributed by atoms with Crippen LogP contribution in [0, 0.1) is 0 Å². The van der Waals surface area contributed by atoms with E-state index in [0.717, 1.165) is 12.1 Å². The summed E-state index contributed by atoms with van der Waals surface area (Å²) < 4.78 is 4.88. The van der Waals surface area contributed by atoms with E-state index in [1.807, 2.05) is 12.1 Å². The summed E-state index contributed by atoms with van der Waals surface area (Å²) in [6.07, 6.45) is 1.77. The van der Waals surface area contributed by atoms with Crippen LogP contribution in [0.2, 0.25) is 0 Å². The van der Waals surface area contributed by atoms with Gasteiger partial charge in [-0.25, -0.2) is 4.98 Å². The van der Waals surface area contributed by atoms with Crippen LogP contribution in [-0.2, 0) is 6.54 Å². The smallest absolute Gasteiger partial charge is 0.212 e. The van der Waals surface area contributed by atoms with E-state index in [4.69, 9.17) is 4.74 Å². The zero-order valence-electron chi connectivity index (χ0n) is 6.00. The van der Waals surface area contributed by atoms with Crippen molar-refractivity contribution in [2.24, 2.45) is 0 Å². The molecule has 0 atom stereocenters. The SMILES string of the molecule is COc1ccc(C[NH3+])cn1. The van der Waals surface area contributed by atoms with Gasteiger partial charge in [-0.3, -0.25) is 0 Å². The first-order valence-electron chi connectivity index (χ1n) is 3.15. The fourth-order valence-electron chi connectivity index (χ4n) is 0.680. The fraction of sp³-hybridized carbons (Fsp3) is 0.286. The lowest BCUT2D eigenvalue weighted by molar-refractivity contribution is -0.386. The third-order valence-electron chi connectivity index (χ3n) is 1.30. The van der Waals surface area contributed by atoms with Crippen LogP contribution in [0.25, 0.3) is 0 Å². The number of hydrogen-bond acceptors (Lipinski definition) is 2. The lowest BCUT2D eigenvalue weighted by Crippen LogP contribution is -2.47. The summed E-state index contributed by atoms with van der Waals surface area (Å²) in [5.74, 6) is 0.650. The maximum Gasteiger partial charge on any atom is 0.212 e. The van der Waals surface area contributed by atoms with Crippen LogP contribution in [0.15, 0.2) is 18.3 Å². The third kappa shape index (κ3) is 1.45. The maximum absolute atomic E-state index is 4.88. The molecule has 0 aliphatic carbocycles. The van der Waals surface area contributed by atoms with Gasteiger partial charge in [0.25, 0.3) is 0 Å². The van der Waals surface area contributed by atoms with E-state index >= 15 is 0 Å². The van der Waals surface area contributed by atoms with Crippen molar-refractivity contribution >= 4 is 0 Å². The maximum atomic E-state index is 4.88. The minimum Gasteiger partial charge on any atom is -0.481 e. The molecule has 3 heteroatoms. The zero-order valence-corrected chi connectivity index (χ0v) is 6.00. The average Bonchev–Trinajstić information content (AvgIpc) is 2.05. The molecule has 0 saturated carbocycles. The van der Waals surface area contributed by atoms with Gasteiger partial charge in [-0.15, -0.1) is 0 Å². The Balaban J connectivity index is 2.80. The van der Waals surface area contributed by atoms with Crippen LogP contribution in [0.1, 0.15) is 5.56 Å². The van der Waals surface area contributed by atoms with Crippen molar-refractivity contribution in [1.82, 2.24) is 4.98 Å². The van der Waals surface area contributed by atoms with Crippen molar-refractivity contribution in [3.63, 3.8) is 0 Å². The topological polar surface area (TPSA) is 49.8 Å². The van der Waals surface area contributed by atoms with E-state index in [-0.39, 0.29) is 0 Å². The summed E-state index contributed by atoms with van der Waals surface area (Å²) in [5.41, 5.74) is 4.86. The molecule has 0 amide bonds. The largest absolute Gasteiger partial charge is 0.481 e. The molecule has 1 aromatic rings. The van der Waals surface area contributed by atoms with Crippen molar-refractivity contribution in [3.8, 4) is 5.88 Å². The van der Waals surface area contributed by atoms with Gasteiger partial charge in [0.15, 0.2) is 0 Å². The summed E-state index contributed by atoms with van der Waals surface area (Å²) in [6.45, 7) is 0.775. The molecule has 0 radical (unpaired) electrons. The highest BCUT2D eigenvalue weighted by atomic mass is 16.5. The third-order valence-corrected chi connectivity index (χ3v) is 1.30. The molecule has 1 aromatic heterocycles. The van der Waals surface area contributed by atoms with Crippen LogP contribution in [0.4, 0.5) is 0 Å². The van der Waals surface area contributed by atoms with Crippen molar-refractivity contribution in [2.45, 2.75) is 6.54 Å². The second-order valence-corrected chi connectivity index (χ2v) is 1.96. The first kappa shape index (κ1) is 7.02. The van der Waals surface area contributed by atoms with Crippen molar-refractivity contribution < 1.29 is 10.5 Å². The van der Waals surface area contributed by atoms with Crippen molar-refractivity contribution in [1.29, 1.82) is 0 Å². The molecule has 0 fully saturated rings. The molecule has 0 aliphatic heterocycles. The first-order valence-corrected chi connectivity index (χ1v) is 3.15. The summed E-state index contributed by atoms with van der Waals surface area (Å²) in [7, 11) is 1.60. The Hall–Kier alpha value is -1.09. The Morgan fingerprint density at radius 1 is 1.60 bits per heavy atom. The Bertz CT molecular complexity index is 172. The van der Waals surface area contributed by atoms with Gasteiger partial charge in [-0.1, -0.05) is 0 Å². The number of pyridine rings is 1. The lowest BCUT2D eigenvalue weighted by Gasteiger charge is -1.96. The Labute approximate surface area is 59.8 Å². The second kappa shape index (κ2) is 3.17. The van der Waals surface area contributed by atoms with E-state index in [0.29, 0.717) is 5.88 Å². The molecule has 3 N–H and O–H groups in total. The molecule has 1 rings (SSSR count). The van der Waals surface area contributed by atoms with E-state index in [1.54, 1.807) is 13.3 Å². The molecule has 0 saturated heterocycles. The van der Waals surface area contributed by atoms with E-state index in [9.17, 15) is 0 Å². The molecule has 0 aromatic carbocycles. The van der Waals surface area contributed by atoms with Crippen molar-refractivity contribution in [3.05, 3.63) is 23.9 Å². The Kier molecular flexibility index (Phi) is 2.23. The average molecular weight is 139 g/mol. The van der Waals surface area contributed by atoms with Crippen LogP contribution in [-0.4, -0.2) is 12.1 Å². The van der Waals surface area contributed by atoms with Gasteiger partial charge in [0.2, 0.25) is 5.88 Å².